The zero-order chi connectivity index (χ0) is 18.4. The molecule has 0 bridgehead atoms. The second-order valence-corrected chi connectivity index (χ2v) is 7.97. The average molecular weight is 354 g/mol. The molecule has 4 unspecified atom stereocenters. The summed E-state index contributed by atoms with van der Waals surface area (Å²) in [7, 11) is 0. The lowest BCUT2D eigenvalue weighted by Crippen LogP contribution is -2.33. The molecule has 136 valence electrons. The molecule has 1 N–H and O–H groups in total. The number of nitrogens with one attached hydrogen (secondary N) is 1. The highest BCUT2D eigenvalue weighted by atomic mass is 15.1. The van der Waals surface area contributed by atoms with Gasteiger partial charge in [-0.25, -0.2) is 0 Å². The summed E-state index contributed by atoms with van der Waals surface area (Å²) in [4.78, 5) is 0. The molecular formula is C26H27N. The molecule has 4 aliphatic carbocycles. The molecule has 2 aromatic carbocycles. The number of benzene rings is 2. The van der Waals surface area contributed by atoms with Gasteiger partial charge in [0.2, 0.25) is 0 Å². The van der Waals surface area contributed by atoms with Crippen molar-refractivity contribution < 1.29 is 0 Å². The van der Waals surface area contributed by atoms with Crippen LogP contribution in [0.1, 0.15) is 49.3 Å². The van der Waals surface area contributed by atoms with Crippen molar-refractivity contribution in [3.8, 4) is 0 Å². The van der Waals surface area contributed by atoms with Gasteiger partial charge in [-0.1, -0.05) is 86.7 Å². The minimum Gasteiger partial charge on any atom is -0.379 e. The number of rotatable bonds is 3. The van der Waals surface area contributed by atoms with Gasteiger partial charge in [0.05, 0.1) is 5.54 Å². The first kappa shape index (κ1) is 16.6. The van der Waals surface area contributed by atoms with Crippen molar-refractivity contribution in [2.24, 2.45) is 11.8 Å². The number of hydrogen-bond acceptors (Lipinski definition) is 1. The van der Waals surface area contributed by atoms with E-state index in [2.05, 4.69) is 84.2 Å². The van der Waals surface area contributed by atoms with E-state index in [0.717, 1.165) is 11.8 Å². The molecule has 1 nitrogen and oxygen atoms in total. The first-order valence-corrected chi connectivity index (χ1v) is 10.4. The molecule has 0 aliphatic heterocycles. The van der Waals surface area contributed by atoms with E-state index < -0.39 is 0 Å². The van der Waals surface area contributed by atoms with Gasteiger partial charge in [0, 0.05) is 17.5 Å². The van der Waals surface area contributed by atoms with Crippen molar-refractivity contribution in [2.45, 2.75) is 38.1 Å². The van der Waals surface area contributed by atoms with Gasteiger partial charge < -0.3 is 5.32 Å². The van der Waals surface area contributed by atoms with E-state index in [1.54, 1.807) is 5.56 Å². The highest BCUT2D eigenvalue weighted by Gasteiger charge is 2.55. The molecule has 0 amide bonds. The summed E-state index contributed by atoms with van der Waals surface area (Å²) in [6.45, 7) is 4.00. The number of fused-ring (bicyclic) bond motifs is 4. The second-order valence-electron chi connectivity index (χ2n) is 7.97. The Hall–Kier alpha value is -2.54. The summed E-state index contributed by atoms with van der Waals surface area (Å²) in [5, 5.41) is 3.94. The van der Waals surface area contributed by atoms with Crippen molar-refractivity contribution in [3.05, 3.63) is 95.2 Å². The predicted molar refractivity (Wildman–Crippen MR) is 114 cm³/mol. The normalized spacial score (nSPS) is 31.1. The molecule has 4 atom stereocenters. The predicted octanol–water partition coefficient (Wildman–Crippen LogP) is 6.17. The van der Waals surface area contributed by atoms with Crippen LogP contribution < -0.4 is 5.32 Å². The maximum Gasteiger partial charge on any atom is 0.0626 e. The third kappa shape index (κ3) is 2.77. The lowest BCUT2D eigenvalue weighted by molar-refractivity contribution is 0.605. The lowest BCUT2D eigenvalue weighted by atomic mass is 9.93. The van der Waals surface area contributed by atoms with Crippen LogP contribution in [0.4, 0.5) is 0 Å². The summed E-state index contributed by atoms with van der Waals surface area (Å²) >= 11 is 0. The van der Waals surface area contributed by atoms with Crippen molar-refractivity contribution in [1.82, 2.24) is 5.32 Å². The molecular weight excluding hydrogens is 326 g/mol. The van der Waals surface area contributed by atoms with Crippen LogP contribution >= 0.6 is 0 Å². The van der Waals surface area contributed by atoms with E-state index in [-0.39, 0.29) is 5.54 Å². The van der Waals surface area contributed by atoms with Crippen LogP contribution in [-0.2, 0) is 0 Å². The standard InChI is InChI=1S/C24H21N.C2H6/c1-2-6-16(7-3-1)17-10-11-24(15-19(24)12-17)25-23-13-18-8-4-5-9-20(18)21-14-22(21)23;1-2/h1-13,19,21-22,25H,14-15H2;1-2H3. The summed E-state index contributed by atoms with van der Waals surface area (Å²) in [5.74, 6) is 2.10. The third-order valence-electron chi connectivity index (χ3n) is 6.38. The fourth-order valence-corrected chi connectivity index (χ4v) is 4.76. The van der Waals surface area contributed by atoms with Crippen molar-refractivity contribution >= 4 is 11.6 Å². The maximum absolute atomic E-state index is 3.94. The van der Waals surface area contributed by atoms with Gasteiger partial charge in [-0.15, -0.1) is 0 Å². The van der Waals surface area contributed by atoms with Gasteiger partial charge in [0.1, 0.15) is 0 Å². The quantitative estimate of drug-likeness (QED) is 0.695. The molecule has 1 heteroatoms. The minimum atomic E-state index is 0.170. The zero-order valence-corrected chi connectivity index (χ0v) is 16.2. The Morgan fingerprint density at radius 2 is 1.70 bits per heavy atom. The first-order chi connectivity index (χ1) is 13.3. The Labute approximate surface area is 162 Å². The van der Waals surface area contributed by atoms with Crippen LogP contribution in [0, 0.1) is 11.8 Å². The van der Waals surface area contributed by atoms with Gasteiger partial charge in [0.15, 0.2) is 0 Å². The number of allylic oxidation sites excluding steroid dienone is 3. The van der Waals surface area contributed by atoms with Gasteiger partial charge in [-0.3, -0.25) is 0 Å². The molecule has 27 heavy (non-hydrogen) atoms. The van der Waals surface area contributed by atoms with E-state index in [1.165, 1.54) is 35.2 Å². The Morgan fingerprint density at radius 3 is 2.52 bits per heavy atom. The van der Waals surface area contributed by atoms with Crippen LogP contribution in [0.5, 0.6) is 0 Å². The third-order valence-corrected chi connectivity index (χ3v) is 6.38. The number of hydrogen-bond donors (Lipinski definition) is 1. The molecule has 4 aliphatic rings. The van der Waals surface area contributed by atoms with Crippen LogP contribution in [0.15, 0.2) is 78.5 Å². The van der Waals surface area contributed by atoms with Crippen LogP contribution in [0.25, 0.3) is 11.6 Å². The van der Waals surface area contributed by atoms with Crippen LogP contribution in [0.3, 0.4) is 0 Å². The second kappa shape index (κ2) is 6.27. The van der Waals surface area contributed by atoms with Crippen LogP contribution in [0.2, 0.25) is 0 Å². The Balaban J connectivity index is 0.000000777. The zero-order valence-electron chi connectivity index (χ0n) is 16.2. The van der Waals surface area contributed by atoms with Gasteiger partial charge in [-0.05, 0) is 47.1 Å². The molecule has 0 aromatic heterocycles. The Kier molecular flexibility index (Phi) is 3.86. The topological polar surface area (TPSA) is 12.0 Å². The van der Waals surface area contributed by atoms with Crippen LogP contribution in [-0.4, -0.2) is 5.54 Å². The fraction of sp³-hybridized carbons (Fsp3) is 0.308. The largest absolute Gasteiger partial charge is 0.379 e. The van der Waals surface area contributed by atoms with Crippen molar-refractivity contribution in [2.75, 3.05) is 0 Å². The summed E-state index contributed by atoms with van der Waals surface area (Å²) in [5.41, 5.74) is 7.29. The SMILES string of the molecule is C1=CC2(NC3=Cc4ccccc4C4CC34)CC2C=C1c1ccccc1.CC. The molecule has 0 saturated heterocycles. The average Bonchev–Trinajstić information content (AvgIpc) is 3.64. The van der Waals surface area contributed by atoms with Gasteiger partial charge in [-0.2, -0.15) is 0 Å². The smallest absolute Gasteiger partial charge is 0.0626 e. The maximum atomic E-state index is 3.94. The fourth-order valence-electron chi connectivity index (χ4n) is 4.76. The monoisotopic (exact) mass is 353 g/mol. The molecule has 2 aromatic rings. The molecule has 0 heterocycles. The van der Waals surface area contributed by atoms with E-state index in [9.17, 15) is 0 Å². The minimum absolute atomic E-state index is 0.170. The molecule has 6 rings (SSSR count). The molecule has 2 fully saturated rings. The van der Waals surface area contributed by atoms with Gasteiger partial charge in [0.25, 0.3) is 0 Å². The summed E-state index contributed by atoms with van der Waals surface area (Å²) < 4.78 is 0. The van der Waals surface area contributed by atoms with E-state index in [1.807, 2.05) is 13.8 Å². The lowest BCUT2D eigenvalue weighted by Gasteiger charge is -2.24. The highest BCUT2D eigenvalue weighted by Crippen LogP contribution is 2.58. The van der Waals surface area contributed by atoms with Crippen molar-refractivity contribution in [3.63, 3.8) is 0 Å². The van der Waals surface area contributed by atoms with E-state index in [0.29, 0.717) is 5.92 Å². The summed E-state index contributed by atoms with van der Waals surface area (Å²) in [6, 6.07) is 19.6. The molecule has 2 saturated carbocycles. The van der Waals surface area contributed by atoms with Crippen molar-refractivity contribution in [1.29, 1.82) is 0 Å². The van der Waals surface area contributed by atoms with E-state index in [4.69, 9.17) is 0 Å². The Bertz CT molecular complexity index is 949. The molecule has 0 radical (unpaired) electrons. The summed E-state index contributed by atoms with van der Waals surface area (Å²) in [6.07, 6.45) is 12.1. The van der Waals surface area contributed by atoms with Gasteiger partial charge >= 0.3 is 0 Å². The first-order valence-electron chi connectivity index (χ1n) is 10.4. The molecule has 0 spiro atoms. The van der Waals surface area contributed by atoms with E-state index >= 15 is 0 Å². The Morgan fingerprint density at radius 1 is 0.926 bits per heavy atom. The highest BCUT2D eigenvalue weighted by molar-refractivity contribution is 5.77.